The van der Waals surface area contributed by atoms with Gasteiger partial charge in [-0.2, -0.15) is 0 Å². The Kier molecular flexibility index (Phi) is 4.05. The topological polar surface area (TPSA) is 59.3 Å². The number of nitrogens with zero attached hydrogens (tertiary/aromatic N) is 1. The molecule has 0 atom stereocenters. The summed E-state index contributed by atoms with van der Waals surface area (Å²) >= 11 is 5.95. The smallest absolute Gasteiger partial charge is 0.328 e. The van der Waals surface area contributed by atoms with Gasteiger partial charge in [0.1, 0.15) is 0 Å². The molecule has 0 saturated carbocycles. The SMILES string of the molecule is Cc1cc(=O)c(/C=C/C(=O)O)cn1-c1cccc(Cl)c1. The molecule has 2 rings (SSSR count). The summed E-state index contributed by atoms with van der Waals surface area (Å²) < 4.78 is 1.79. The molecule has 1 aromatic carbocycles. The van der Waals surface area contributed by atoms with Crippen LogP contribution in [0.4, 0.5) is 0 Å². The third kappa shape index (κ3) is 3.16. The number of hydrogen-bond donors (Lipinski definition) is 1. The van der Waals surface area contributed by atoms with Crippen molar-refractivity contribution < 1.29 is 9.90 Å². The molecule has 2 aromatic rings. The average molecular weight is 290 g/mol. The third-order valence-electron chi connectivity index (χ3n) is 2.76. The molecule has 5 heteroatoms. The van der Waals surface area contributed by atoms with Crippen LogP contribution < -0.4 is 5.43 Å². The van der Waals surface area contributed by atoms with E-state index in [4.69, 9.17) is 16.7 Å². The summed E-state index contributed by atoms with van der Waals surface area (Å²) in [7, 11) is 0. The highest BCUT2D eigenvalue weighted by molar-refractivity contribution is 6.30. The fourth-order valence-corrected chi connectivity index (χ4v) is 2.02. The molecule has 0 amide bonds. The van der Waals surface area contributed by atoms with Crippen molar-refractivity contribution in [2.75, 3.05) is 0 Å². The van der Waals surface area contributed by atoms with Gasteiger partial charge in [-0.3, -0.25) is 4.79 Å². The van der Waals surface area contributed by atoms with Gasteiger partial charge in [0.15, 0.2) is 5.43 Å². The van der Waals surface area contributed by atoms with Crippen LogP contribution in [0.2, 0.25) is 5.02 Å². The van der Waals surface area contributed by atoms with Gasteiger partial charge in [-0.25, -0.2) is 4.79 Å². The molecule has 0 unspecified atom stereocenters. The van der Waals surface area contributed by atoms with Gasteiger partial charge in [0.05, 0.1) is 0 Å². The number of hydrogen-bond acceptors (Lipinski definition) is 2. The van der Waals surface area contributed by atoms with Crippen molar-refractivity contribution in [3.8, 4) is 5.69 Å². The summed E-state index contributed by atoms with van der Waals surface area (Å²) in [6.45, 7) is 1.80. The van der Waals surface area contributed by atoms with Gasteiger partial charge in [0, 0.05) is 40.3 Å². The first-order valence-corrected chi connectivity index (χ1v) is 6.25. The molecule has 102 valence electrons. The quantitative estimate of drug-likeness (QED) is 0.884. The first-order valence-electron chi connectivity index (χ1n) is 5.87. The van der Waals surface area contributed by atoms with E-state index < -0.39 is 5.97 Å². The Hall–Kier alpha value is -2.33. The monoisotopic (exact) mass is 289 g/mol. The molecule has 0 radical (unpaired) electrons. The zero-order valence-electron chi connectivity index (χ0n) is 10.7. The van der Waals surface area contributed by atoms with Crippen LogP contribution in [-0.4, -0.2) is 15.6 Å². The molecule has 0 fully saturated rings. The highest BCUT2D eigenvalue weighted by Gasteiger charge is 2.04. The molecule has 20 heavy (non-hydrogen) atoms. The summed E-state index contributed by atoms with van der Waals surface area (Å²) in [6, 6.07) is 8.65. The van der Waals surface area contributed by atoms with Gasteiger partial charge >= 0.3 is 5.97 Å². The summed E-state index contributed by atoms with van der Waals surface area (Å²) in [5.41, 5.74) is 1.63. The highest BCUT2D eigenvalue weighted by Crippen LogP contribution is 2.16. The summed E-state index contributed by atoms with van der Waals surface area (Å²) in [5, 5.41) is 9.22. The minimum Gasteiger partial charge on any atom is -0.478 e. The lowest BCUT2D eigenvalue weighted by Gasteiger charge is -2.11. The maximum absolute atomic E-state index is 11.8. The number of rotatable bonds is 3. The molecule has 0 aliphatic carbocycles. The number of carboxylic acid groups (broad SMARTS) is 1. The zero-order chi connectivity index (χ0) is 14.7. The number of aliphatic carboxylic acids is 1. The van der Waals surface area contributed by atoms with Crippen LogP contribution in [0.5, 0.6) is 0 Å². The second-order valence-corrected chi connectivity index (χ2v) is 4.69. The molecule has 4 nitrogen and oxygen atoms in total. The van der Waals surface area contributed by atoms with E-state index in [-0.39, 0.29) is 5.43 Å². The Balaban J connectivity index is 2.57. The fourth-order valence-electron chi connectivity index (χ4n) is 1.84. The van der Waals surface area contributed by atoms with Crippen molar-refractivity contribution in [2.24, 2.45) is 0 Å². The Morgan fingerprint density at radius 3 is 2.75 bits per heavy atom. The highest BCUT2D eigenvalue weighted by atomic mass is 35.5. The van der Waals surface area contributed by atoms with E-state index in [1.54, 1.807) is 29.8 Å². The van der Waals surface area contributed by atoms with Crippen molar-refractivity contribution in [1.82, 2.24) is 4.57 Å². The van der Waals surface area contributed by atoms with Crippen molar-refractivity contribution in [1.29, 1.82) is 0 Å². The Labute approximate surface area is 120 Å². The first kappa shape index (κ1) is 14.1. The predicted molar refractivity (Wildman–Crippen MR) is 78.5 cm³/mol. The van der Waals surface area contributed by atoms with Gasteiger partial charge in [-0.1, -0.05) is 17.7 Å². The molecule has 0 aliphatic heterocycles. The van der Waals surface area contributed by atoms with Gasteiger partial charge in [0.25, 0.3) is 0 Å². The molecule has 0 spiro atoms. The van der Waals surface area contributed by atoms with Gasteiger partial charge in [0.2, 0.25) is 0 Å². The standard InChI is InChI=1S/C15H12ClNO3/c1-10-7-14(18)11(5-6-15(19)20)9-17(10)13-4-2-3-12(16)8-13/h2-9H,1H3,(H,19,20)/b6-5+. The van der Waals surface area contributed by atoms with E-state index in [0.29, 0.717) is 10.6 Å². The number of pyridine rings is 1. The maximum Gasteiger partial charge on any atom is 0.328 e. The Morgan fingerprint density at radius 1 is 1.35 bits per heavy atom. The summed E-state index contributed by atoms with van der Waals surface area (Å²) in [4.78, 5) is 22.4. The average Bonchev–Trinajstić information content (AvgIpc) is 2.37. The van der Waals surface area contributed by atoms with E-state index in [1.165, 1.54) is 12.1 Å². The minimum atomic E-state index is -1.10. The minimum absolute atomic E-state index is 0.224. The lowest BCUT2D eigenvalue weighted by molar-refractivity contribution is -0.131. The molecule has 0 aliphatic rings. The maximum atomic E-state index is 11.8. The van der Waals surface area contributed by atoms with E-state index in [9.17, 15) is 9.59 Å². The molecule has 1 heterocycles. The number of halogens is 1. The second kappa shape index (κ2) is 5.75. The van der Waals surface area contributed by atoms with Gasteiger partial charge in [-0.15, -0.1) is 0 Å². The number of aromatic nitrogens is 1. The van der Waals surface area contributed by atoms with Crippen LogP contribution in [0.25, 0.3) is 11.8 Å². The fraction of sp³-hybridized carbons (Fsp3) is 0.0667. The molecule has 1 aromatic heterocycles. The number of benzene rings is 1. The summed E-state index contributed by atoms with van der Waals surface area (Å²) in [6.07, 6.45) is 3.82. The predicted octanol–water partition coefficient (Wildman–Crippen LogP) is 2.90. The van der Waals surface area contributed by atoms with Crippen LogP contribution in [0.1, 0.15) is 11.3 Å². The Morgan fingerprint density at radius 2 is 2.10 bits per heavy atom. The lowest BCUT2D eigenvalue weighted by Crippen LogP contribution is -2.11. The first-order chi connectivity index (χ1) is 9.47. The third-order valence-corrected chi connectivity index (χ3v) is 3.00. The second-order valence-electron chi connectivity index (χ2n) is 4.26. The van der Waals surface area contributed by atoms with Crippen molar-refractivity contribution in [2.45, 2.75) is 6.92 Å². The van der Waals surface area contributed by atoms with Crippen molar-refractivity contribution in [3.05, 3.63) is 69.1 Å². The largest absolute Gasteiger partial charge is 0.478 e. The lowest BCUT2D eigenvalue weighted by atomic mass is 10.2. The van der Waals surface area contributed by atoms with Crippen molar-refractivity contribution >= 4 is 23.6 Å². The number of carboxylic acids is 1. The van der Waals surface area contributed by atoms with E-state index in [0.717, 1.165) is 17.5 Å². The van der Waals surface area contributed by atoms with Crippen LogP contribution >= 0.6 is 11.6 Å². The molecular formula is C15H12ClNO3. The van der Waals surface area contributed by atoms with Gasteiger partial charge < -0.3 is 9.67 Å². The summed E-state index contributed by atoms with van der Waals surface area (Å²) in [5.74, 6) is -1.10. The van der Waals surface area contributed by atoms with E-state index in [1.807, 2.05) is 12.1 Å². The van der Waals surface area contributed by atoms with Crippen LogP contribution in [-0.2, 0) is 4.79 Å². The molecule has 1 N–H and O–H groups in total. The van der Waals surface area contributed by atoms with Crippen LogP contribution in [0, 0.1) is 6.92 Å². The van der Waals surface area contributed by atoms with Crippen molar-refractivity contribution in [3.63, 3.8) is 0 Å². The molecular weight excluding hydrogens is 278 g/mol. The molecule has 0 bridgehead atoms. The Bertz CT molecular complexity index is 747. The number of aryl methyl sites for hydroxylation is 1. The van der Waals surface area contributed by atoms with Gasteiger partial charge in [-0.05, 0) is 31.2 Å². The normalized spacial score (nSPS) is 10.9. The number of carbonyl (C=O) groups is 1. The zero-order valence-corrected chi connectivity index (χ0v) is 11.5. The molecule has 0 saturated heterocycles. The van der Waals surface area contributed by atoms with E-state index in [2.05, 4.69) is 0 Å². The van der Waals surface area contributed by atoms with Crippen LogP contribution in [0.3, 0.4) is 0 Å². The van der Waals surface area contributed by atoms with Crippen LogP contribution in [0.15, 0.2) is 47.4 Å². The van der Waals surface area contributed by atoms with E-state index >= 15 is 0 Å².